The first-order valence-electron chi connectivity index (χ1n) is 13.4. The molecule has 1 aromatic heterocycles. The van der Waals surface area contributed by atoms with Crippen LogP contribution in [-0.2, 0) is 16.2 Å². The third-order valence-electron chi connectivity index (χ3n) is 9.04. The Hall–Kier alpha value is -1.62. The topological polar surface area (TPSA) is 78.4 Å². The number of anilines is 2. The first-order chi connectivity index (χ1) is 17.0. The lowest BCUT2D eigenvalue weighted by atomic mass is 9.66. The van der Waals surface area contributed by atoms with Crippen molar-refractivity contribution in [1.82, 2.24) is 14.3 Å². The summed E-state index contributed by atoms with van der Waals surface area (Å²) in [6.07, 6.45) is 7.55. The Labute approximate surface area is 212 Å². The molecule has 4 heterocycles. The van der Waals surface area contributed by atoms with Crippen LogP contribution in [0.1, 0.15) is 70.0 Å². The summed E-state index contributed by atoms with van der Waals surface area (Å²) < 4.78 is 67.3. The van der Waals surface area contributed by atoms with Crippen molar-refractivity contribution in [3.05, 3.63) is 11.9 Å². The van der Waals surface area contributed by atoms with Crippen molar-refractivity contribution in [3.63, 3.8) is 0 Å². The van der Waals surface area contributed by atoms with Gasteiger partial charge in [-0.2, -0.15) is 13.2 Å². The third-order valence-corrected chi connectivity index (χ3v) is 10.3. The molecule has 3 saturated heterocycles. The second kappa shape index (κ2) is 9.93. The quantitative estimate of drug-likeness (QED) is 0.592. The fraction of sp³-hybridized carbons (Fsp3) is 0.840. The predicted molar refractivity (Wildman–Crippen MR) is 133 cm³/mol. The fourth-order valence-electron chi connectivity index (χ4n) is 6.93. The minimum Gasteiger partial charge on any atom is -0.370 e. The Morgan fingerprint density at radius 3 is 2.50 bits per heavy atom. The van der Waals surface area contributed by atoms with E-state index in [1.165, 1.54) is 29.8 Å². The summed E-state index contributed by atoms with van der Waals surface area (Å²) in [6.45, 7) is 2.74. The van der Waals surface area contributed by atoms with Crippen molar-refractivity contribution in [2.24, 2.45) is 23.2 Å². The Morgan fingerprint density at radius 2 is 1.81 bits per heavy atom. The highest BCUT2D eigenvalue weighted by Gasteiger charge is 2.41. The van der Waals surface area contributed by atoms with Gasteiger partial charge in [0.15, 0.2) is 0 Å². The van der Waals surface area contributed by atoms with Crippen LogP contribution < -0.4 is 10.2 Å². The van der Waals surface area contributed by atoms with Gasteiger partial charge in [-0.1, -0.05) is 19.3 Å². The van der Waals surface area contributed by atoms with E-state index >= 15 is 0 Å². The number of piperidine rings is 1. The number of aromatic nitrogens is 2. The molecule has 202 valence electrons. The Balaban J connectivity index is 1.35. The highest BCUT2D eigenvalue weighted by Crippen LogP contribution is 2.45. The average Bonchev–Trinajstić information content (AvgIpc) is 2.76. The summed E-state index contributed by atoms with van der Waals surface area (Å²) in [6, 6.07) is 1.65. The molecular formula is C25H38F3N5O2S. The molecule has 1 unspecified atom stereocenters. The van der Waals surface area contributed by atoms with E-state index in [0.29, 0.717) is 43.8 Å². The molecule has 0 radical (unpaired) electrons. The molecule has 1 N–H and O–H groups in total. The van der Waals surface area contributed by atoms with Crippen LogP contribution in [0.15, 0.2) is 6.07 Å². The maximum atomic E-state index is 13.8. The molecule has 3 aliphatic heterocycles. The van der Waals surface area contributed by atoms with Gasteiger partial charge < -0.3 is 10.2 Å². The minimum atomic E-state index is -4.64. The van der Waals surface area contributed by atoms with Gasteiger partial charge in [0.1, 0.15) is 11.6 Å². The third kappa shape index (κ3) is 5.76. The SMILES string of the molecule is CS(=O)(=O)N1CCC2CC(C2)C(CNc2cc(N3CCCC4(CCCCC4)C3)nc(C(F)(F)F)n2)C1. The summed E-state index contributed by atoms with van der Waals surface area (Å²) in [5.74, 6) is 0.330. The number of sulfonamides is 1. The molecule has 2 aliphatic carbocycles. The van der Waals surface area contributed by atoms with Crippen molar-refractivity contribution in [1.29, 1.82) is 0 Å². The first-order valence-corrected chi connectivity index (χ1v) is 15.3. The number of hydrogen-bond donors (Lipinski definition) is 1. The molecule has 5 aliphatic rings. The number of alkyl halides is 3. The van der Waals surface area contributed by atoms with Crippen LogP contribution in [0.5, 0.6) is 0 Å². The Kier molecular flexibility index (Phi) is 7.17. The van der Waals surface area contributed by atoms with Crippen molar-refractivity contribution in [3.8, 4) is 0 Å². The number of halogens is 3. The fourth-order valence-corrected chi connectivity index (χ4v) is 7.83. The van der Waals surface area contributed by atoms with E-state index in [-0.39, 0.29) is 17.2 Å². The number of fused-ring (bicyclic) bond motifs is 4. The highest BCUT2D eigenvalue weighted by atomic mass is 32.2. The zero-order valence-electron chi connectivity index (χ0n) is 21.1. The van der Waals surface area contributed by atoms with Crippen LogP contribution >= 0.6 is 0 Å². The lowest BCUT2D eigenvalue weighted by Gasteiger charge is -2.46. The van der Waals surface area contributed by atoms with Gasteiger partial charge in [-0.25, -0.2) is 22.7 Å². The maximum Gasteiger partial charge on any atom is 0.451 e. The molecule has 36 heavy (non-hydrogen) atoms. The lowest BCUT2D eigenvalue weighted by molar-refractivity contribution is -0.144. The van der Waals surface area contributed by atoms with Gasteiger partial charge in [-0.3, -0.25) is 0 Å². The molecule has 1 atom stereocenters. The molecule has 2 saturated carbocycles. The second-order valence-electron chi connectivity index (χ2n) is 11.7. The summed E-state index contributed by atoms with van der Waals surface area (Å²) in [5, 5.41) is 3.15. The Bertz CT molecular complexity index is 1030. The zero-order valence-corrected chi connectivity index (χ0v) is 21.9. The maximum absolute atomic E-state index is 13.8. The van der Waals surface area contributed by atoms with E-state index in [0.717, 1.165) is 51.5 Å². The highest BCUT2D eigenvalue weighted by molar-refractivity contribution is 7.88. The van der Waals surface area contributed by atoms with Crippen molar-refractivity contribution in [2.75, 3.05) is 49.2 Å². The molecular weight excluding hydrogens is 491 g/mol. The zero-order chi connectivity index (χ0) is 25.6. The summed E-state index contributed by atoms with van der Waals surface area (Å²) in [7, 11) is -3.32. The second-order valence-corrected chi connectivity index (χ2v) is 13.6. The normalized spacial score (nSPS) is 29.3. The molecule has 0 aromatic carbocycles. The van der Waals surface area contributed by atoms with Gasteiger partial charge in [0.2, 0.25) is 15.8 Å². The van der Waals surface area contributed by atoms with Crippen molar-refractivity contribution >= 4 is 21.7 Å². The van der Waals surface area contributed by atoms with Gasteiger partial charge in [0, 0.05) is 38.8 Å². The molecule has 1 aromatic rings. The van der Waals surface area contributed by atoms with Gasteiger partial charge in [0.05, 0.1) is 6.26 Å². The summed E-state index contributed by atoms with van der Waals surface area (Å²) >= 11 is 0. The van der Waals surface area contributed by atoms with Crippen LogP contribution in [0, 0.1) is 23.2 Å². The van der Waals surface area contributed by atoms with E-state index in [1.807, 2.05) is 4.90 Å². The largest absolute Gasteiger partial charge is 0.451 e. The van der Waals surface area contributed by atoms with Gasteiger partial charge in [0.25, 0.3) is 0 Å². The molecule has 6 rings (SSSR count). The van der Waals surface area contributed by atoms with Crippen LogP contribution in [0.4, 0.5) is 24.8 Å². The van der Waals surface area contributed by atoms with Crippen LogP contribution in [0.2, 0.25) is 0 Å². The molecule has 0 amide bonds. The van der Waals surface area contributed by atoms with E-state index < -0.39 is 22.0 Å². The van der Waals surface area contributed by atoms with Crippen LogP contribution in [-0.4, -0.2) is 61.7 Å². The molecule has 7 nitrogen and oxygen atoms in total. The number of nitrogens with one attached hydrogen (secondary N) is 1. The average molecular weight is 530 g/mol. The molecule has 5 fully saturated rings. The van der Waals surface area contributed by atoms with E-state index in [9.17, 15) is 21.6 Å². The monoisotopic (exact) mass is 529 g/mol. The predicted octanol–water partition coefficient (Wildman–Crippen LogP) is 4.77. The smallest absolute Gasteiger partial charge is 0.370 e. The van der Waals surface area contributed by atoms with Crippen molar-refractivity contribution in [2.45, 2.75) is 70.4 Å². The molecule has 11 heteroatoms. The van der Waals surface area contributed by atoms with Gasteiger partial charge >= 0.3 is 6.18 Å². The summed E-state index contributed by atoms with van der Waals surface area (Å²) in [4.78, 5) is 9.81. The standard InChI is InChI=1S/C25H38F3N5O2S/c1-36(34,35)33-11-6-18-12-19(13-18)20(16-33)15-29-21-14-22(31-23(30-21)25(26,27)28)32-10-5-9-24(17-32)7-3-2-4-8-24/h14,18-20H,2-13,15-17H2,1H3,(H,29,30,31). The van der Waals surface area contributed by atoms with E-state index in [2.05, 4.69) is 15.3 Å². The number of rotatable bonds is 5. The number of nitrogens with zero attached hydrogens (tertiary/aromatic N) is 4. The Morgan fingerprint density at radius 1 is 1.08 bits per heavy atom. The molecule has 1 spiro atoms. The van der Waals surface area contributed by atoms with Gasteiger partial charge in [-0.15, -0.1) is 0 Å². The minimum absolute atomic E-state index is 0.0320. The van der Waals surface area contributed by atoms with Crippen molar-refractivity contribution < 1.29 is 21.6 Å². The first kappa shape index (κ1) is 26.0. The number of hydrogen-bond acceptors (Lipinski definition) is 6. The lowest BCUT2D eigenvalue weighted by Crippen LogP contribution is -2.47. The van der Waals surface area contributed by atoms with Crippen LogP contribution in [0.3, 0.4) is 0 Å². The van der Waals surface area contributed by atoms with E-state index in [1.54, 1.807) is 6.07 Å². The van der Waals surface area contributed by atoms with Gasteiger partial charge in [-0.05, 0) is 68.1 Å². The van der Waals surface area contributed by atoms with E-state index in [4.69, 9.17) is 0 Å². The molecule has 2 bridgehead atoms. The van der Waals surface area contributed by atoms with Crippen LogP contribution in [0.25, 0.3) is 0 Å². The summed E-state index contributed by atoms with van der Waals surface area (Å²) in [5.41, 5.74) is 0.183.